The van der Waals surface area contributed by atoms with Crippen LogP contribution in [0.15, 0.2) is 65.6 Å². The molecule has 3 aromatic rings. The van der Waals surface area contributed by atoms with Gasteiger partial charge in [0.2, 0.25) is 0 Å². The van der Waals surface area contributed by atoms with E-state index in [1.165, 1.54) is 12.1 Å². The Morgan fingerprint density at radius 3 is 2.33 bits per heavy atom. The van der Waals surface area contributed by atoms with Gasteiger partial charge in [-0.2, -0.15) is 10.3 Å². The van der Waals surface area contributed by atoms with E-state index < -0.39 is 67.8 Å². The van der Waals surface area contributed by atoms with Crippen LogP contribution in [0.25, 0.3) is 0 Å². The van der Waals surface area contributed by atoms with Gasteiger partial charge in [0.05, 0.1) is 45.4 Å². The van der Waals surface area contributed by atoms with Crippen LogP contribution in [0.3, 0.4) is 0 Å². The van der Waals surface area contributed by atoms with Crippen LogP contribution in [0.2, 0.25) is 5.02 Å². The average Bonchev–Trinajstić information content (AvgIpc) is 3.55. The van der Waals surface area contributed by atoms with Crippen molar-refractivity contribution in [2.75, 3.05) is 11.9 Å². The van der Waals surface area contributed by atoms with Gasteiger partial charge in [0, 0.05) is 29.9 Å². The number of amides is 1. The van der Waals surface area contributed by atoms with Gasteiger partial charge in [-0.05, 0) is 61.3 Å². The molecule has 2 aliphatic carbocycles. The molecule has 3 unspecified atom stereocenters. The standard InChI is InChI=1S/C32H29ClF3N3O5S/c33-24-9-8-19(31(40)38-23-11-25(34)28(36)26(35)12-23)10-27(24)45(42,43)29-20-6-7-21(29)14-32(41,13-20)30-22(15-37)17-44-39(30)16-18-4-2-1-3-5-18/h1-5,8-12,20-22,29-30,41H,6-7,13-14,16-17H2,(H,38,40)/t20?,21?,22?,29-,30-,32-/m1/s1. The summed E-state index contributed by atoms with van der Waals surface area (Å²) in [5, 5.41) is 24.9. The van der Waals surface area contributed by atoms with Gasteiger partial charge in [0.1, 0.15) is 0 Å². The number of nitrogens with one attached hydrogen (secondary N) is 1. The molecule has 2 saturated carbocycles. The first-order chi connectivity index (χ1) is 21.4. The van der Waals surface area contributed by atoms with E-state index in [1.807, 2.05) is 30.3 Å². The summed E-state index contributed by atoms with van der Waals surface area (Å²) in [7, 11) is -4.13. The van der Waals surface area contributed by atoms with E-state index in [-0.39, 0.29) is 40.6 Å². The van der Waals surface area contributed by atoms with Crippen LogP contribution in [-0.2, 0) is 21.2 Å². The van der Waals surface area contributed by atoms with Crippen molar-refractivity contribution in [3.8, 4) is 6.07 Å². The lowest BCUT2D eigenvalue weighted by molar-refractivity contribution is -0.191. The second kappa shape index (κ2) is 12.0. The van der Waals surface area contributed by atoms with Crippen molar-refractivity contribution in [3.63, 3.8) is 0 Å². The number of anilines is 1. The number of hydrogen-bond acceptors (Lipinski definition) is 7. The van der Waals surface area contributed by atoms with Crippen LogP contribution in [0, 0.1) is 46.5 Å². The Morgan fingerprint density at radius 1 is 1.07 bits per heavy atom. The molecule has 236 valence electrons. The summed E-state index contributed by atoms with van der Waals surface area (Å²) in [5.74, 6) is -7.06. The van der Waals surface area contributed by atoms with Crippen molar-refractivity contribution in [1.82, 2.24) is 5.06 Å². The van der Waals surface area contributed by atoms with Gasteiger partial charge in [-0.15, -0.1) is 0 Å². The maximum atomic E-state index is 14.2. The largest absolute Gasteiger partial charge is 0.388 e. The number of hydroxylamine groups is 2. The zero-order valence-electron chi connectivity index (χ0n) is 23.8. The van der Waals surface area contributed by atoms with Gasteiger partial charge < -0.3 is 10.4 Å². The van der Waals surface area contributed by atoms with Gasteiger partial charge in [-0.3, -0.25) is 9.63 Å². The highest BCUT2D eigenvalue weighted by molar-refractivity contribution is 7.92. The molecule has 3 fully saturated rings. The highest BCUT2D eigenvalue weighted by atomic mass is 35.5. The molecule has 13 heteroatoms. The van der Waals surface area contributed by atoms with E-state index in [4.69, 9.17) is 16.4 Å². The molecule has 0 spiro atoms. The van der Waals surface area contributed by atoms with Crippen molar-refractivity contribution in [2.24, 2.45) is 17.8 Å². The Labute approximate surface area is 263 Å². The molecule has 2 N–H and O–H groups in total. The molecule has 6 rings (SSSR count). The molecule has 0 radical (unpaired) electrons. The number of halogens is 4. The molecule has 3 aromatic carbocycles. The second-order valence-electron chi connectivity index (χ2n) is 12.0. The van der Waals surface area contributed by atoms with E-state index >= 15 is 0 Å². The molecule has 4 atom stereocenters. The van der Waals surface area contributed by atoms with E-state index in [9.17, 15) is 36.8 Å². The fraction of sp³-hybridized carbons (Fsp3) is 0.375. The predicted octanol–water partition coefficient (Wildman–Crippen LogP) is 5.66. The third kappa shape index (κ3) is 5.84. The van der Waals surface area contributed by atoms with Crippen molar-refractivity contribution >= 4 is 33.0 Å². The van der Waals surface area contributed by atoms with Crippen LogP contribution >= 0.6 is 11.6 Å². The van der Waals surface area contributed by atoms with Crippen molar-refractivity contribution in [2.45, 2.75) is 54.0 Å². The molecular weight excluding hydrogens is 631 g/mol. The van der Waals surface area contributed by atoms with E-state index in [1.54, 1.807) is 5.06 Å². The lowest BCUT2D eigenvalue weighted by Gasteiger charge is -2.46. The normalized spacial score (nSPS) is 28.1. The molecular formula is C32H29ClF3N3O5S. The highest BCUT2D eigenvalue weighted by Crippen LogP contribution is 2.54. The van der Waals surface area contributed by atoms with Crippen LogP contribution in [0.5, 0.6) is 0 Å². The number of nitriles is 1. The summed E-state index contributed by atoms with van der Waals surface area (Å²) in [6, 6.07) is 16.0. The van der Waals surface area contributed by atoms with Crippen molar-refractivity contribution < 1.29 is 36.3 Å². The van der Waals surface area contributed by atoms with E-state index in [2.05, 4.69) is 11.4 Å². The lowest BCUT2D eigenvalue weighted by Crippen LogP contribution is -2.57. The van der Waals surface area contributed by atoms with Crippen LogP contribution in [-0.4, -0.2) is 48.0 Å². The monoisotopic (exact) mass is 659 g/mol. The summed E-state index contributed by atoms with van der Waals surface area (Å²) in [5.41, 5.74) is -0.931. The van der Waals surface area contributed by atoms with Crippen molar-refractivity contribution in [3.05, 3.63) is 94.3 Å². The fourth-order valence-corrected chi connectivity index (χ4v) is 10.2. The fourth-order valence-electron chi connectivity index (χ4n) is 7.36. The maximum absolute atomic E-state index is 14.2. The van der Waals surface area contributed by atoms with E-state index in [0.717, 1.165) is 11.6 Å². The molecule has 3 aliphatic rings. The highest BCUT2D eigenvalue weighted by Gasteiger charge is 2.60. The summed E-state index contributed by atoms with van der Waals surface area (Å²) in [6.45, 7) is 0.472. The summed E-state index contributed by atoms with van der Waals surface area (Å²) < 4.78 is 69.0. The first kappa shape index (κ1) is 31.5. The molecule has 0 aromatic heterocycles. The number of carbonyl (C=O) groups excluding carboxylic acids is 1. The average molecular weight is 660 g/mol. The smallest absolute Gasteiger partial charge is 0.255 e. The Morgan fingerprint density at radius 2 is 1.71 bits per heavy atom. The minimum absolute atomic E-state index is 0.103. The maximum Gasteiger partial charge on any atom is 0.255 e. The predicted molar refractivity (Wildman–Crippen MR) is 158 cm³/mol. The molecule has 2 bridgehead atoms. The zero-order chi connectivity index (χ0) is 32.1. The Bertz CT molecular complexity index is 1750. The third-order valence-electron chi connectivity index (χ3n) is 9.18. The number of benzene rings is 3. The summed E-state index contributed by atoms with van der Waals surface area (Å²) in [4.78, 5) is 18.5. The quantitative estimate of drug-likeness (QED) is 0.314. The molecule has 1 heterocycles. The number of fused-ring (bicyclic) bond motifs is 2. The van der Waals surface area contributed by atoms with Crippen molar-refractivity contribution in [1.29, 1.82) is 5.26 Å². The number of aliphatic hydroxyl groups is 1. The Hall–Kier alpha value is -3.47. The number of rotatable bonds is 7. The summed E-state index contributed by atoms with van der Waals surface area (Å²) >= 11 is 6.37. The third-order valence-corrected chi connectivity index (χ3v) is 12.1. The second-order valence-corrected chi connectivity index (χ2v) is 14.5. The van der Waals surface area contributed by atoms with Gasteiger partial charge >= 0.3 is 0 Å². The molecule has 45 heavy (non-hydrogen) atoms. The van der Waals surface area contributed by atoms with Crippen LogP contribution in [0.4, 0.5) is 18.9 Å². The zero-order valence-corrected chi connectivity index (χ0v) is 25.4. The Balaban J connectivity index is 1.25. The molecule has 1 amide bonds. The summed E-state index contributed by atoms with van der Waals surface area (Å²) in [6.07, 6.45) is 1.34. The van der Waals surface area contributed by atoms with Crippen LogP contribution < -0.4 is 5.32 Å². The van der Waals surface area contributed by atoms with Gasteiger partial charge in [0.15, 0.2) is 27.3 Å². The number of sulfone groups is 1. The Kier molecular flexibility index (Phi) is 8.43. The van der Waals surface area contributed by atoms with Gasteiger partial charge in [-0.1, -0.05) is 41.9 Å². The number of carbonyl (C=O) groups is 1. The first-order valence-electron chi connectivity index (χ1n) is 14.5. The number of hydrogen-bond donors (Lipinski definition) is 2. The molecule has 8 nitrogen and oxygen atoms in total. The van der Waals surface area contributed by atoms with E-state index in [0.29, 0.717) is 31.5 Å². The first-order valence-corrected chi connectivity index (χ1v) is 16.4. The van der Waals surface area contributed by atoms with Crippen LogP contribution in [0.1, 0.15) is 41.6 Å². The molecule has 1 saturated heterocycles. The van der Waals surface area contributed by atoms with Gasteiger partial charge in [0.25, 0.3) is 5.91 Å². The lowest BCUT2D eigenvalue weighted by atomic mass is 9.70. The minimum Gasteiger partial charge on any atom is -0.388 e. The number of nitrogens with zero attached hydrogens (tertiary/aromatic N) is 2. The SMILES string of the molecule is N#CC1CON(Cc2ccccc2)[C@H]1[C@]1(O)CC2CCC(C1)[C@H]2S(=O)(=O)c1cc(C(=O)Nc2cc(F)c(F)c(F)c2)ccc1Cl. The van der Waals surface area contributed by atoms with Gasteiger partial charge in [-0.25, -0.2) is 21.6 Å². The topological polar surface area (TPSA) is 120 Å². The molecule has 1 aliphatic heterocycles. The minimum atomic E-state index is -4.13.